The number of hydrogen-bond donors (Lipinski definition) is 1. The number of rotatable bonds is 5. The van der Waals surface area contributed by atoms with Crippen LogP contribution in [0.1, 0.15) is 22.3 Å². The summed E-state index contributed by atoms with van der Waals surface area (Å²) in [6.07, 6.45) is 0.857. The monoisotopic (exact) mass is 265 g/mol. The molecule has 2 aromatic rings. The fourth-order valence-corrected chi connectivity index (χ4v) is 3.00. The van der Waals surface area contributed by atoms with Gasteiger partial charge < -0.3 is 9.84 Å². The first-order chi connectivity index (χ1) is 8.60. The molecular weight excluding hydrogens is 250 g/mol. The summed E-state index contributed by atoms with van der Waals surface area (Å²) >= 11 is 1.55. The lowest BCUT2D eigenvalue weighted by Gasteiger charge is -2.06. The maximum Gasteiger partial charge on any atom is 0.335 e. The van der Waals surface area contributed by atoms with E-state index < -0.39 is 5.97 Å². The summed E-state index contributed by atoms with van der Waals surface area (Å²) in [6, 6.07) is 5.03. The lowest BCUT2D eigenvalue weighted by Crippen LogP contribution is -2.06. The van der Waals surface area contributed by atoms with Crippen LogP contribution in [0.15, 0.2) is 18.2 Å². The minimum absolute atomic E-state index is 0.308. The average molecular weight is 265 g/mol. The van der Waals surface area contributed by atoms with Crippen LogP contribution < -0.4 is 0 Å². The Bertz CT molecular complexity index is 564. The van der Waals surface area contributed by atoms with Gasteiger partial charge in [0.05, 0.1) is 20.8 Å². The minimum Gasteiger partial charge on any atom is -0.478 e. The predicted molar refractivity (Wildman–Crippen MR) is 71.3 cm³/mol. The summed E-state index contributed by atoms with van der Waals surface area (Å²) in [7, 11) is 1.69. The van der Waals surface area contributed by atoms with E-state index in [9.17, 15) is 4.79 Å². The molecule has 1 aromatic carbocycles. The number of thiazole rings is 1. The number of nitrogens with zero attached hydrogens (tertiary/aromatic N) is 1. The number of methoxy groups -OCH3 is 1. The van der Waals surface area contributed by atoms with Crippen molar-refractivity contribution in [3.05, 3.63) is 28.8 Å². The highest BCUT2D eigenvalue weighted by Crippen LogP contribution is 2.25. The second-order valence-electron chi connectivity index (χ2n) is 4.36. The zero-order valence-corrected chi connectivity index (χ0v) is 11.2. The number of carboxylic acid groups (broad SMARTS) is 1. The zero-order chi connectivity index (χ0) is 13.1. The van der Waals surface area contributed by atoms with Crippen LogP contribution in [0.25, 0.3) is 10.2 Å². The second-order valence-corrected chi connectivity index (χ2v) is 5.48. The molecule has 18 heavy (non-hydrogen) atoms. The van der Waals surface area contributed by atoms with Crippen molar-refractivity contribution in [3.63, 3.8) is 0 Å². The molecule has 96 valence electrons. The lowest BCUT2D eigenvalue weighted by molar-refractivity contribution is 0.0697. The van der Waals surface area contributed by atoms with Gasteiger partial charge in [-0.05, 0) is 24.1 Å². The van der Waals surface area contributed by atoms with E-state index in [4.69, 9.17) is 9.84 Å². The van der Waals surface area contributed by atoms with Gasteiger partial charge in [0.25, 0.3) is 0 Å². The van der Waals surface area contributed by atoms with Crippen molar-refractivity contribution < 1.29 is 14.6 Å². The molecule has 0 aliphatic heterocycles. The quantitative estimate of drug-likeness (QED) is 0.903. The van der Waals surface area contributed by atoms with Gasteiger partial charge in [-0.2, -0.15) is 0 Å². The Hall–Kier alpha value is -1.46. The van der Waals surface area contributed by atoms with E-state index in [1.54, 1.807) is 36.6 Å². The second kappa shape index (κ2) is 5.46. The summed E-state index contributed by atoms with van der Waals surface area (Å²) in [5.74, 6) is -0.492. The molecule has 5 heteroatoms. The number of aromatic nitrogens is 1. The van der Waals surface area contributed by atoms with Crippen LogP contribution in [0.3, 0.4) is 0 Å². The first-order valence-corrected chi connectivity index (χ1v) is 6.53. The van der Waals surface area contributed by atoms with Gasteiger partial charge in [0, 0.05) is 20.1 Å². The molecule has 0 saturated carbocycles. The third kappa shape index (κ3) is 2.86. The maximum absolute atomic E-state index is 10.9. The first kappa shape index (κ1) is 13.0. The summed E-state index contributed by atoms with van der Waals surface area (Å²) in [4.78, 5) is 15.4. The molecule has 1 heterocycles. The number of carbonyl (C=O) groups is 1. The Kier molecular flexibility index (Phi) is 3.93. The standard InChI is InChI=1S/C13H15NO3S/c1-8(7-17-2)5-12-14-10-4-3-9(13(15)16)6-11(10)18-12/h3-4,6,8H,5,7H2,1-2H3,(H,15,16). The van der Waals surface area contributed by atoms with Crippen LogP contribution >= 0.6 is 11.3 Å². The van der Waals surface area contributed by atoms with Crippen molar-refractivity contribution in [2.75, 3.05) is 13.7 Å². The molecular formula is C13H15NO3S. The van der Waals surface area contributed by atoms with Crippen molar-refractivity contribution in [1.82, 2.24) is 4.98 Å². The van der Waals surface area contributed by atoms with Gasteiger partial charge in [-0.3, -0.25) is 0 Å². The number of fused-ring (bicyclic) bond motifs is 1. The summed E-state index contributed by atoms with van der Waals surface area (Å²) in [5.41, 5.74) is 1.17. The van der Waals surface area contributed by atoms with E-state index in [2.05, 4.69) is 11.9 Å². The van der Waals surface area contributed by atoms with Gasteiger partial charge >= 0.3 is 5.97 Å². The van der Waals surface area contributed by atoms with Crippen LogP contribution in [0, 0.1) is 5.92 Å². The van der Waals surface area contributed by atoms with Gasteiger partial charge in [0.15, 0.2) is 0 Å². The highest BCUT2D eigenvalue weighted by molar-refractivity contribution is 7.18. The molecule has 0 aliphatic rings. The Morgan fingerprint density at radius 3 is 3.00 bits per heavy atom. The van der Waals surface area contributed by atoms with E-state index in [0.717, 1.165) is 21.6 Å². The molecule has 1 atom stereocenters. The summed E-state index contributed by atoms with van der Waals surface area (Å²) in [6.45, 7) is 2.81. The van der Waals surface area contributed by atoms with Gasteiger partial charge in [-0.1, -0.05) is 6.92 Å². The first-order valence-electron chi connectivity index (χ1n) is 5.72. The minimum atomic E-state index is -0.903. The normalized spacial score (nSPS) is 12.8. The van der Waals surface area contributed by atoms with Gasteiger partial charge in [-0.25, -0.2) is 9.78 Å². The number of aromatic carboxylic acids is 1. The smallest absolute Gasteiger partial charge is 0.335 e. The SMILES string of the molecule is COCC(C)Cc1nc2ccc(C(=O)O)cc2s1. The average Bonchev–Trinajstić information content (AvgIpc) is 2.69. The molecule has 0 radical (unpaired) electrons. The molecule has 0 bridgehead atoms. The fourth-order valence-electron chi connectivity index (χ4n) is 1.83. The van der Waals surface area contributed by atoms with Crippen LogP contribution in [0.5, 0.6) is 0 Å². The Morgan fingerprint density at radius 2 is 2.33 bits per heavy atom. The van der Waals surface area contributed by atoms with E-state index in [1.807, 2.05) is 0 Å². The molecule has 1 unspecified atom stereocenters. The highest BCUT2D eigenvalue weighted by atomic mass is 32.1. The predicted octanol–water partition coefficient (Wildman–Crippen LogP) is 2.82. The van der Waals surface area contributed by atoms with Crippen LogP contribution in [0.2, 0.25) is 0 Å². The van der Waals surface area contributed by atoms with Crippen molar-refractivity contribution in [2.24, 2.45) is 5.92 Å². The summed E-state index contributed by atoms with van der Waals surface area (Å²) < 4.78 is 6.03. The van der Waals surface area contributed by atoms with Gasteiger partial charge in [-0.15, -0.1) is 11.3 Å². The molecule has 0 saturated heterocycles. The molecule has 1 aromatic heterocycles. The van der Waals surface area contributed by atoms with E-state index in [1.165, 1.54) is 0 Å². The highest BCUT2D eigenvalue weighted by Gasteiger charge is 2.10. The zero-order valence-electron chi connectivity index (χ0n) is 10.3. The molecule has 0 aliphatic carbocycles. The number of ether oxygens (including phenoxy) is 1. The van der Waals surface area contributed by atoms with E-state index in [0.29, 0.717) is 18.1 Å². The molecule has 0 amide bonds. The molecule has 2 rings (SSSR count). The van der Waals surface area contributed by atoms with Crippen LogP contribution in [0.4, 0.5) is 0 Å². The maximum atomic E-state index is 10.9. The van der Waals surface area contributed by atoms with Crippen molar-refractivity contribution in [1.29, 1.82) is 0 Å². The van der Waals surface area contributed by atoms with Gasteiger partial charge in [0.2, 0.25) is 0 Å². The van der Waals surface area contributed by atoms with Crippen LogP contribution in [-0.2, 0) is 11.2 Å². The number of hydrogen-bond acceptors (Lipinski definition) is 4. The largest absolute Gasteiger partial charge is 0.478 e. The van der Waals surface area contributed by atoms with Crippen LogP contribution in [-0.4, -0.2) is 29.8 Å². The number of carboxylic acids is 1. The third-order valence-electron chi connectivity index (χ3n) is 2.65. The Labute approximate surface area is 109 Å². The molecule has 4 nitrogen and oxygen atoms in total. The topological polar surface area (TPSA) is 59.4 Å². The third-order valence-corrected chi connectivity index (χ3v) is 3.69. The fraction of sp³-hybridized carbons (Fsp3) is 0.385. The molecule has 1 N–H and O–H groups in total. The van der Waals surface area contributed by atoms with Crippen molar-refractivity contribution >= 4 is 27.5 Å². The molecule has 0 spiro atoms. The van der Waals surface area contributed by atoms with Crippen molar-refractivity contribution in [3.8, 4) is 0 Å². The molecule has 0 fully saturated rings. The lowest BCUT2D eigenvalue weighted by atomic mass is 10.1. The Morgan fingerprint density at radius 1 is 1.56 bits per heavy atom. The van der Waals surface area contributed by atoms with Gasteiger partial charge in [0.1, 0.15) is 0 Å². The van der Waals surface area contributed by atoms with E-state index >= 15 is 0 Å². The Balaban J connectivity index is 2.24. The van der Waals surface area contributed by atoms with E-state index in [-0.39, 0.29) is 0 Å². The summed E-state index contributed by atoms with van der Waals surface area (Å²) in [5, 5.41) is 9.96. The van der Waals surface area contributed by atoms with Crippen molar-refractivity contribution in [2.45, 2.75) is 13.3 Å². The number of benzene rings is 1.